The van der Waals surface area contributed by atoms with Crippen molar-refractivity contribution < 1.29 is 19.8 Å². The fraction of sp³-hybridized carbons (Fsp3) is 0.467. The van der Waals surface area contributed by atoms with E-state index in [2.05, 4.69) is 22.8 Å². The summed E-state index contributed by atoms with van der Waals surface area (Å²) in [7, 11) is 0. The maximum Gasteiger partial charge on any atom is 0.332 e. The number of fused-ring (bicyclic) bond motifs is 1. The molecule has 2 atom stereocenters. The second kappa shape index (κ2) is 7.08. The lowest BCUT2D eigenvalue weighted by Crippen LogP contribution is -2.45. The lowest BCUT2D eigenvalue weighted by atomic mass is 9.88. The molecule has 114 valence electrons. The topological polar surface area (TPSA) is 98.7 Å². The van der Waals surface area contributed by atoms with Gasteiger partial charge in [-0.15, -0.1) is 0 Å². The monoisotopic (exact) mass is 292 g/mol. The molecular weight excluding hydrogens is 272 g/mol. The molecular formula is C15H20N2O4. The molecule has 4 N–H and O–H groups in total. The highest BCUT2D eigenvalue weighted by Gasteiger charge is 2.20. The van der Waals surface area contributed by atoms with E-state index in [0.717, 1.165) is 19.3 Å². The molecule has 0 aromatic heterocycles. The Balaban J connectivity index is 1.73. The second-order valence-electron chi connectivity index (χ2n) is 5.25. The van der Waals surface area contributed by atoms with Gasteiger partial charge in [0.25, 0.3) is 0 Å². The number of rotatable bonds is 5. The van der Waals surface area contributed by atoms with E-state index in [0.29, 0.717) is 0 Å². The second-order valence-corrected chi connectivity index (χ2v) is 5.25. The number of aliphatic carboxylic acids is 1. The third-order valence-electron chi connectivity index (χ3n) is 3.67. The molecule has 0 saturated carbocycles. The van der Waals surface area contributed by atoms with Crippen LogP contribution in [0, 0.1) is 0 Å². The molecule has 0 fully saturated rings. The summed E-state index contributed by atoms with van der Waals surface area (Å²) >= 11 is 0. The van der Waals surface area contributed by atoms with Gasteiger partial charge in [0.2, 0.25) is 0 Å². The van der Waals surface area contributed by atoms with E-state index in [-0.39, 0.29) is 25.0 Å². The number of carbonyl (C=O) groups excluding carboxylic acids is 1. The van der Waals surface area contributed by atoms with Crippen molar-refractivity contribution >= 4 is 12.0 Å². The Bertz CT molecular complexity index is 518. The summed E-state index contributed by atoms with van der Waals surface area (Å²) in [5.41, 5.74) is 2.59. The van der Waals surface area contributed by atoms with Gasteiger partial charge < -0.3 is 20.8 Å². The number of urea groups is 1. The van der Waals surface area contributed by atoms with Gasteiger partial charge in [-0.3, -0.25) is 0 Å². The Kier molecular flexibility index (Phi) is 5.16. The van der Waals surface area contributed by atoms with E-state index in [9.17, 15) is 9.59 Å². The van der Waals surface area contributed by atoms with E-state index in [1.165, 1.54) is 11.1 Å². The number of aliphatic hydroxyl groups is 1. The summed E-state index contributed by atoms with van der Waals surface area (Å²) in [6.45, 7) is 0.128. The molecule has 1 aromatic carbocycles. The minimum atomic E-state index is -1.44. The van der Waals surface area contributed by atoms with Crippen molar-refractivity contribution in [2.45, 2.75) is 37.8 Å². The van der Waals surface area contributed by atoms with Crippen molar-refractivity contribution in [1.82, 2.24) is 10.6 Å². The molecule has 6 nitrogen and oxygen atoms in total. The number of aryl methyl sites for hydroxylation is 1. The summed E-state index contributed by atoms with van der Waals surface area (Å²) < 4.78 is 0. The van der Waals surface area contributed by atoms with Gasteiger partial charge in [0, 0.05) is 19.0 Å². The molecule has 0 spiro atoms. The van der Waals surface area contributed by atoms with Crippen LogP contribution in [0.3, 0.4) is 0 Å². The van der Waals surface area contributed by atoms with Gasteiger partial charge in [-0.1, -0.05) is 24.3 Å². The van der Waals surface area contributed by atoms with E-state index in [4.69, 9.17) is 10.2 Å². The van der Waals surface area contributed by atoms with Crippen LogP contribution in [-0.2, 0) is 17.6 Å². The highest BCUT2D eigenvalue weighted by atomic mass is 16.4. The highest BCUT2D eigenvalue weighted by molar-refractivity contribution is 5.75. The van der Waals surface area contributed by atoms with Crippen LogP contribution in [0.2, 0.25) is 0 Å². The van der Waals surface area contributed by atoms with Crippen LogP contribution in [0.5, 0.6) is 0 Å². The first-order chi connectivity index (χ1) is 10.1. The summed E-state index contributed by atoms with van der Waals surface area (Å²) in [6.07, 6.45) is 1.20. The summed E-state index contributed by atoms with van der Waals surface area (Å²) in [4.78, 5) is 22.2. The van der Waals surface area contributed by atoms with Crippen molar-refractivity contribution in [1.29, 1.82) is 0 Å². The van der Waals surface area contributed by atoms with Gasteiger partial charge in [-0.2, -0.15) is 0 Å². The molecule has 1 aliphatic carbocycles. The Hall–Kier alpha value is -2.08. The first-order valence-corrected chi connectivity index (χ1v) is 7.08. The number of aliphatic hydroxyl groups excluding tert-OH is 1. The quantitative estimate of drug-likeness (QED) is 0.641. The third kappa shape index (κ3) is 4.46. The van der Waals surface area contributed by atoms with Crippen LogP contribution < -0.4 is 10.6 Å². The normalized spacial score (nSPS) is 18.4. The van der Waals surface area contributed by atoms with Gasteiger partial charge >= 0.3 is 12.0 Å². The van der Waals surface area contributed by atoms with Crippen LogP contribution in [0.4, 0.5) is 4.79 Å². The molecule has 1 aliphatic rings. The predicted molar refractivity (Wildman–Crippen MR) is 77.0 cm³/mol. The average Bonchev–Trinajstić information content (AvgIpc) is 2.46. The molecule has 21 heavy (non-hydrogen) atoms. The number of carboxylic acid groups (broad SMARTS) is 1. The van der Waals surface area contributed by atoms with E-state index in [1.807, 2.05) is 12.1 Å². The van der Waals surface area contributed by atoms with Crippen LogP contribution >= 0.6 is 0 Å². The number of hydrogen-bond donors (Lipinski definition) is 4. The van der Waals surface area contributed by atoms with E-state index < -0.39 is 12.1 Å². The molecule has 1 unspecified atom stereocenters. The number of carboxylic acids is 1. The van der Waals surface area contributed by atoms with Crippen LogP contribution in [-0.4, -0.2) is 40.9 Å². The zero-order chi connectivity index (χ0) is 15.2. The molecule has 1 aromatic rings. The maximum atomic E-state index is 11.7. The largest absolute Gasteiger partial charge is 0.479 e. The summed E-state index contributed by atoms with van der Waals surface area (Å²) in [5, 5.41) is 23.1. The number of nitrogens with one attached hydrogen (secondary N) is 2. The maximum absolute atomic E-state index is 11.7. The predicted octanol–water partition coefficient (Wildman–Crippen LogP) is 0.679. The van der Waals surface area contributed by atoms with Crippen LogP contribution in [0.15, 0.2) is 24.3 Å². The van der Waals surface area contributed by atoms with E-state index in [1.54, 1.807) is 0 Å². The number of carbonyl (C=O) groups is 2. The Morgan fingerprint density at radius 3 is 2.71 bits per heavy atom. The summed E-state index contributed by atoms with van der Waals surface area (Å²) in [6, 6.07) is 7.96. The van der Waals surface area contributed by atoms with Crippen molar-refractivity contribution in [2.75, 3.05) is 6.54 Å². The fourth-order valence-corrected chi connectivity index (χ4v) is 2.50. The minimum absolute atomic E-state index is 0.00372. The summed E-state index contributed by atoms with van der Waals surface area (Å²) in [5.74, 6) is -1.28. The third-order valence-corrected chi connectivity index (χ3v) is 3.67. The molecule has 0 heterocycles. The lowest BCUT2D eigenvalue weighted by Gasteiger charge is -2.25. The average molecular weight is 292 g/mol. The molecule has 0 aliphatic heterocycles. The molecule has 0 bridgehead atoms. The highest BCUT2D eigenvalue weighted by Crippen LogP contribution is 2.20. The van der Waals surface area contributed by atoms with Gasteiger partial charge in [0.15, 0.2) is 6.10 Å². The van der Waals surface area contributed by atoms with E-state index >= 15 is 0 Å². The smallest absolute Gasteiger partial charge is 0.332 e. The Morgan fingerprint density at radius 1 is 1.29 bits per heavy atom. The van der Waals surface area contributed by atoms with Gasteiger partial charge in [-0.05, 0) is 30.4 Å². The molecule has 6 heteroatoms. The SMILES string of the molecule is O=C(NCC[C@H](O)C(=O)O)NC1CCc2ccccc2C1. The fourth-order valence-electron chi connectivity index (χ4n) is 2.50. The minimum Gasteiger partial charge on any atom is -0.479 e. The number of amides is 2. The van der Waals surface area contributed by atoms with Gasteiger partial charge in [0.1, 0.15) is 0 Å². The first kappa shape index (κ1) is 15.3. The van der Waals surface area contributed by atoms with Crippen molar-refractivity contribution in [3.8, 4) is 0 Å². The standard InChI is InChI=1S/C15H20N2O4/c18-13(14(19)20)7-8-16-15(21)17-12-6-5-10-3-1-2-4-11(10)9-12/h1-4,12-13,18H,5-9H2,(H,19,20)(H2,16,17,21)/t12?,13-/m0/s1. The molecule has 2 amide bonds. The van der Waals surface area contributed by atoms with Crippen molar-refractivity contribution in [3.05, 3.63) is 35.4 Å². The lowest BCUT2D eigenvalue weighted by molar-refractivity contribution is -0.146. The van der Waals surface area contributed by atoms with Gasteiger partial charge in [-0.25, -0.2) is 9.59 Å². The molecule has 2 rings (SSSR count). The number of benzene rings is 1. The Labute approximate surface area is 123 Å². The van der Waals surface area contributed by atoms with Crippen LogP contribution in [0.25, 0.3) is 0 Å². The number of hydrogen-bond acceptors (Lipinski definition) is 3. The van der Waals surface area contributed by atoms with Gasteiger partial charge in [0.05, 0.1) is 0 Å². The van der Waals surface area contributed by atoms with Crippen LogP contribution in [0.1, 0.15) is 24.0 Å². The van der Waals surface area contributed by atoms with Crippen molar-refractivity contribution in [2.24, 2.45) is 0 Å². The zero-order valence-corrected chi connectivity index (χ0v) is 11.7. The first-order valence-electron chi connectivity index (χ1n) is 7.08. The Morgan fingerprint density at radius 2 is 2.00 bits per heavy atom. The zero-order valence-electron chi connectivity index (χ0n) is 11.7. The molecule has 0 radical (unpaired) electrons. The molecule has 0 saturated heterocycles. The van der Waals surface area contributed by atoms with Crippen molar-refractivity contribution in [3.63, 3.8) is 0 Å².